The van der Waals surface area contributed by atoms with Crippen LogP contribution >= 0.6 is 46.4 Å². The number of hydrogen-bond acceptors (Lipinski definition) is 8. The van der Waals surface area contributed by atoms with Crippen LogP contribution in [0.3, 0.4) is 0 Å². The number of alkyl halides is 3. The second-order valence-corrected chi connectivity index (χ2v) is 10.9. The highest BCUT2D eigenvalue weighted by Crippen LogP contribution is 2.54. The number of benzene rings is 3. The molecule has 1 heterocycles. The molecule has 0 saturated heterocycles. The fourth-order valence-electron chi connectivity index (χ4n) is 4.75. The topological polar surface area (TPSA) is 119 Å². The summed E-state index contributed by atoms with van der Waals surface area (Å²) in [5.41, 5.74) is -2.00. The number of ether oxygens (including phenoxy) is 3. The highest BCUT2D eigenvalue weighted by atomic mass is 35.6. The average molecular weight is 572 g/mol. The fraction of sp³-hybridized carbons (Fsp3) is 0.208. The lowest BCUT2D eigenvalue weighted by Crippen LogP contribution is -2.26. The molecule has 1 atom stereocenters. The molecular weight excluding hydrogens is 558 g/mol. The van der Waals surface area contributed by atoms with Gasteiger partial charge >= 0.3 is 5.97 Å². The summed E-state index contributed by atoms with van der Waals surface area (Å²) in [4.78, 5) is 40.1. The number of hydrogen-bond donors (Lipinski definition) is 2. The summed E-state index contributed by atoms with van der Waals surface area (Å²) in [5, 5.41) is 22.5. The fourth-order valence-corrected chi connectivity index (χ4v) is 5.71. The number of ketones is 2. The van der Waals surface area contributed by atoms with Gasteiger partial charge in [-0.25, -0.2) is 4.79 Å². The number of esters is 1. The average Bonchev–Trinajstić information content (AvgIpc) is 3.09. The monoisotopic (exact) mass is 570 g/mol. The van der Waals surface area contributed by atoms with Gasteiger partial charge in [0, 0.05) is 36.1 Å². The van der Waals surface area contributed by atoms with E-state index in [9.17, 15) is 24.6 Å². The lowest BCUT2D eigenvalue weighted by Gasteiger charge is -2.26. The predicted molar refractivity (Wildman–Crippen MR) is 131 cm³/mol. The van der Waals surface area contributed by atoms with Gasteiger partial charge < -0.3 is 24.4 Å². The van der Waals surface area contributed by atoms with Gasteiger partial charge in [0.2, 0.25) is 9.58 Å². The van der Waals surface area contributed by atoms with Gasteiger partial charge in [-0.05, 0) is 17.5 Å². The molecule has 0 aromatic heterocycles. The number of phenols is 2. The molecule has 0 fully saturated rings. The molecule has 0 unspecified atom stereocenters. The van der Waals surface area contributed by atoms with E-state index in [1.807, 2.05) is 0 Å². The number of aromatic hydroxyl groups is 2. The zero-order chi connectivity index (χ0) is 26.5. The largest absolute Gasteiger partial charge is 0.507 e. The summed E-state index contributed by atoms with van der Waals surface area (Å²) in [6.07, 6.45) is 0. The Bertz CT molecular complexity index is 1570. The molecule has 0 bridgehead atoms. The van der Waals surface area contributed by atoms with Crippen LogP contribution in [0.4, 0.5) is 0 Å². The SMILES string of the molecule is COc1c(Cl)c(C(Cl)(Cl)Cl)cc2ccc3c(c12)C(=O)c1c(O)c2c(c(O)c1C3=O)[C@](C)(OC)OC2=O. The van der Waals surface area contributed by atoms with Crippen LogP contribution in [-0.2, 0) is 19.1 Å². The molecule has 2 aliphatic rings. The summed E-state index contributed by atoms with van der Waals surface area (Å²) in [7, 11) is 2.50. The third-order valence-corrected chi connectivity index (χ3v) is 7.40. The molecule has 5 rings (SSSR count). The number of phenolic OH excluding ortho intramolecular Hbond substituents is 2. The molecule has 3 aromatic rings. The van der Waals surface area contributed by atoms with Crippen LogP contribution in [0.2, 0.25) is 5.02 Å². The van der Waals surface area contributed by atoms with Crippen LogP contribution in [0.15, 0.2) is 18.2 Å². The van der Waals surface area contributed by atoms with Crippen molar-refractivity contribution in [3.8, 4) is 17.2 Å². The molecule has 36 heavy (non-hydrogen) atoms. The third-order valence-electron chi connectivity index (χ3n) is 6.42. The summed E-state index contributed by atoms with van der Waals surface area (Å²) in [6, 6.07) is 4.29. The van der Waals surface area contributed by atoms with E-state index in [2.05, 4.69) is 0 Å². The Balaban J connectivity index is 1.90. The van der Waals surface area contributed by atoms with Crippen molar-refractivity contribution in [3.63, 3.8) is 0 Å². The maximum absolute atomic E-state index is 13.9. The number of carbonyl (C=O) groups is 3. The molecule has 8 nitrogen and oxygen atoms in total. The number of methoxy groups -OCH3 is 2. The molecule has 0 amide bonds. The zero-order valence-electron chi connectivity index (χ0n) is 18.6. The van der Waals surface area contributed by atoms with Gasteiger partial charge in [-0.1, -0.05) is 52.5 Å². The van der Waals surface area contributed by atoms with Gasteiger partial charge in [0.05, 0.1) is 28.8 Å². The molecule has 0 radical (unpaired) electrons. The predicted octanol–water partition coefficient (Wildman–Crippen LogP) is 5.50. The second kappa shape index (κ2) is 7.87. The molecule has 2 N–H and O–H groups in total. The van der Waals surface area contributed by atoms with E-state index >= 15 is 0 Å². The minimum absolute atomic E-state index is 0.0480. The van der Waals surface area contributed by atoms with Gasteiger partial charge in [-0.3, -0.25) is 9.59 Å². The van der Waals surface area contributed by atoms with Crippen LogP contribution in [-0.4, -0.2) is 42.0 Å². The summed E-state index contributed by atoms with van der Waals surface area (Å²) in [6.45, 7) is 1.33. The first kappa shape index (κ1) is 24.9. The van der Waals surface area contributed by atoms with Crippen molar-refractivity contribution in [3.05, 3.63) is 62.2 Å². The van der Waals surface area contributed by atoms with E-state index < -0.39 is 55.3 Å². The number of carbonyl (C=O) groups excluding carboxylic acids is 3. The number of fused-ring (bicyclic) bond motifs is 5. The van der Waals surface area contributed by atoms with E-state index in [0.29, 0.717) is 5.39 Å². The summed E-state index contributed by atoms with van der Waals surface area (Å²) >= 11 is 24.6. The van der Waals surface area contributed by atoms with Gasteiger partial charge in [-0.15, -0.1) is 0 Å². The van der Waals surface area contributed by atoms with Crippen molar-refractivity contribution < 1.29 is 38.8 Å². The van der Waals surface area contributed by atoms with Crippen molar-refractivity contribution in [1.29, 1.82) is 0 Å². The van der Waals surface area contributed by atoms with Gasteiger partial charge in [-0.2, -0.15) is 0 Å². The maximum Gasteiger partial charge on any atom is 0.345 e. The maximum atomic E-state index is 13.9. The highest BCUT2D eigenvalue weighted by molar-refractivity contribution is 6.67. The van der Waals surface area contributed by atoms with Crippen LogP contribution < -0.4 is 4.74 Å². The van der Waals surface area contributed by atoms with Crippen molar-refractivity contribution in [2.24, 2.45) is 0 Å². The van der Waals surface area contributed by atoms with Gasteiger partial charge in [0.15, 0.2) is 11.6 Å². The Hall–Kier alpha value is -2.75. The quantitative estimate of drug-likeness (QED) is 0.184. The smallest absolute Gasteiger partial charge is 0.345 e. The highest BCUT2D eigenvalue weighted by Gasteiger charge is 2.51. The third kappa shape index (κ3) is 3.09. The molecule has 186 valence electrons. The number of rotatable bonds is 2. The first-order chi connectivity index (χ1) is 16.8. The number of halogens is 4. The van der Waals surface area contributed by atoms with E-state index in [1.165, 1.54) is 39.3 Å². The molecule has 1 aliphatic heterocycles. The minimum Gasteiger partial charge on any atom is -0.507 e. The molecular formula is C24H14Cl4O8. The first-order valence-corrected chi connectivity index (χ1v) is 11.7. The number of cyclic esters (lactones) is 1. The van der Waals surface area contributed by atoms with E-state index in [1.54, 1.807) is 0 Å². The summed E-state index contributed by atoms with van der Waals surface area (Å²) in [5.74, 6) is -6.08. The summed E-state index contributed by atoms with van der Waals surface area (Å²) < 4.78 is 13.9. The van der Waals surface area contributed by atoms with Crippen LogP contribution in [0, 0.1) is 0 Å². The van der Waals surface area contributed by atoms with E-state index in [-0.39, 0.29) is 38.4 Å². The van der Waals surface area contributed by atoms with Crippen molar-refractivity contribution >= 4 is 74.7 Å². The van der Waals surface area contributed by atoms with Crippen molar-refractivity contribution in [2.45, 2.75) is 16.5 Å². The second-order valence-electron chi connectivity index (χ2n) is 8.25. The van der Waals surface area contributed by atoms with Crippen molar-refractivity contribution in [1.82, 2.24) is 0 Å². The van der Waals surface area contributed by atoms with E-state index in [0.717, 1.165) is 0 Å². The normalized spacial score (nSPS) is 18.7. The molecule has 0 saturated carbocycles. The van der Waals surface area contributed by atoms with Crippen molar-refractivity contribution in [2.75, 3.05) is 14.2 Å². The van der Waals surface area contributed by atoms with Crippen LogP contribution in [0.1, 0.15) is 60.3 Å². The lowest BCUT2D eigenvalue weighted by atomic mass is 9.78. The Morgan fingerprint density at radius 2 is 1.58 bits per heavy atom. The Kier molecular flexibility index (Phi) is 5.45. The zero-order valence-corrected chi connectivity index (χ0v) is 21.6. The van der Waals surface area contributed by atoms with E-state index in [4.69, 9.17) is 60.6 Å². The van der Waals surface area contributed by atoms with Crippen LogP contribution in [0.25, 0.3) is 10.8 Å². The molecule has 1 aliphatic carbocycles. The molecule has 0 spiro atoms. The lowest BCUT2D eigenvalue weighted by molar-refractivity contribution is -0.173. The minimum atomic E-state index is -1.93. The Morgan fingerprint density at radius 1 is 0.944 bits per heavy atom. The Labute approximate surface area is 223 Å². The first-order valence-electron chi connectivity index (χ1n) is 10.2. The molecule has 3 aromatic carbocycles. The van der Waals surface area contributed by atoms with Gasteiger partial charge in [0.1, 0.15) is 22.8 Å². The molecule has 12 heteroatoms. The van der Waals surface area contributed by atoms with Crippen LogP contribution in [0.5, 0.6) is 17.2 Å². The Morgan fingerprint density at radius 3 is 2.17 bits per heavy atom. The van der Waals surface area contributed by atoms with Gasteiger partial charge in [0.25, 0.3) is 0 Å². The standard InChI is InChI=1S/C24H14Cl4O8/c1-23(35-3)15-14(22(33)36-23)19(31)13-12(20(15)32)17(29)8-5-4-7-6-9(24(26,27)28)16(25)21(34-2)10(7)11(8)18(13)30/h4-6,31-32H,1-3H3/t23-/m1/s1.